The maximum absolute atomic E-state index is 13.3. The lowest BCUT2D eigenvalue weighted by atomic mass is 9.99. The Kier molecular flexibility index (Phi) is 4.55. The zero-order valence-corrected chi connectivity index (χ0v) is 17.6. The Bertz CT molecular complexity index is 1560. The van der Waals surface area contributed by atoms with Crippen LogP contribution in [0.25, 0.3) is 33.4 Å². The summed E-state index contributed by atoms with van der Waals surface area (Å²) in [7, 11) is 1.88. The molecule has 7 heteroatoms. The number of aromatic nitrogens is 2. The summed E-state index contributed by atoms with van der Waals surface area (Å²) in [6.07, 6.45) is 1.72. The van der Waals surface area contributed by atoms with Crippen LogP contribution in [0.3, 0.4) is 0 Å². The molecule has 0 spiro atoms. The molecule has 0 fully saturated rings. The van der Waals surface area contributed by atoms with Gasteiger partial charge < -0.3 is 4.57 Å². The van der Waals surface area contributed by atoms with E-state index in [1.807, 2.05) is 29.8 Å². The van der Waals surface area contributed by atoms with Crippen LogP contribution in [0.1, 0.15) is 20.8 Å². The number of carbonyl (C=O) groups is 1. The van der Waals surface area contributed by atoms with Gasteiger partial charge in [0.2, 0.25) is 0 Å². The Hall–Kier alpha value is -4.33. The molecule has 0 aliphatic heterocycles. The SMILES string of the molecule is Cn1c(-c2ccc(F)cc2)nc2sc(/C=C3\C(=O)c4ccccc4C3=C(C#N)C#N)cc21. The van der Waals surface area contributed by atoms with Crippen LogP contribution < -0.4 is 0 Å². The highest BCUT2D eigenvalue weighted by Gasteiger charge is 2.32. The first-order valence-corrected chi connectivity index (χ1v) is 10.5. The topological polar surface area (TPSA) is 82.5 Å². The number of thiophene rings is 1. The molecule has 5 rings (SSSR count). The van der Waals surface area contributed by atoms with Gasteiger partial charge >= 0.3 is 0 Å². The van der Waals surface area contributed by atoms with Gasteiger partial charge in [0.25, 0.3) is 0 Å². The van der Waals surface area contributed by atoms with Gasteiger partial charge in [0, 0.05) is 34.2 Å². The molecular formula is C25H13FN4OS. The Morgan fingerprint density at radius 1 is 1.09 bits per heavy atom. The van der Waals surface area contributed by atoms with E-state index < -0.39 is 0 Å². The number of allylic oxidation sites excluding steroid dienone is 3. The minimum atomic E-state index is -0.307. The van der Waals surface area contributed by atoms with E-state index in [-0.39, 0.29) is 17.2 Å². The Morgan fingerprint density at radius 3 is 2.44 bits per heavy atom. The van der Waals surface area contributed by atoms with E-state index in [9.17, 15) is 19.7 Å². The van der Waals surface area contributed by atoms with E-state index >= 15 is 0 Å². The van der Waals surface area contributed by atoms with Crippen molar-refractivity contribution in [2.24, 2.45) is 7.05 Å². The fraction of sp³-hybridized carbons (Fsp3) is 0.0400. The maximum Gasteiger partial charge on any atom is 0.194 e. The third kappa shape index (κ3) is 2.96. The monoisotopic (exact) mass is 436 g/mol. The number of hydrogen-bond acceptors (Lipinski definition) is 5. The van der Waals surface area contributed by atoms with Crippen LogP contribution in [0.2, 0.25) is 0 Å². The van der Waals surface area contributed by atoms with Gasteiger partial charge in [-0.15, -0.1) is 11.3 Å². The lowest BCUT2D eigenvalue weighted by Crippen LogP contribution is -1.95. The number of hydrogen-bond donors (Lipinski definition) is 0. The summed E-state index contributed by atoms with van der Waals surface area (Å²) in [6.45, 7) is 0. The van der Waals surface area contributed by atoms with E-state index in [4.69, 9.17) is 0 Å². The molecule has 2 heterocycles. The second kappa shape index (κ2) is 7.42. The first kappa shape index (κ1) is 19.6. The number of fused-ring (bicyclic) bond motifs is 2. The first-order chi connectivity index (χ1) is 15.5. The van der Waals surface area contributed by atoms with E-state index in [0.29, 0.717) is 28.1 Å². The molecule has 152 valence electrons. The quantitative estimate of drug-likeness (QED) is 0.306. The molecule has 0 saturated carbocycles. The summed E-state index contributed by atoms with van der Waals surface area (Å²) in [5.41, 5.74) is 3.36. The molecular weight excluding hydrogens is 423 g/mol. The lowest BCUT2D eigenvalue weighted by Gasteiger charge is -2.02. The number of benzene rings is 2. The molecule has 0 saturated heterocycles. The number of halogens is 1. The summed E-state index contributed by atoms with van der Waals surface area (Å²) >= 11 is 1.40. The van der Waals surface area contributed by atoms with Crippen LogP contribution in [-0.2, 0) is 7.05 Å². The smallest absolute Gasteiger partial charge is 0.194 e. The average Bonchev–Trinajstić information content (AvgIpc) is 3.43. The number of rotatable bonds is 2. The van der Waals surface area contributed by atoms with Crippen molar-refractivity contribution in [1.29, 1.82) is 10.5 Å². The van der Waals surface area contributed by atoms with Crippen LogP contribution in [0.4, 0.5) is 4.39 Å². The van der Waals surface area contributed by atoms with Crippen molar-refractivity contribution in [3.8, 4) is 23.5 Å². The molecule has 0 amide bonds. The van der Waals surface area contributed by atoms with Gasteiger partial charge in [0.1, 0.15) is 34.2 Å². The molecule has 0 N–H and O–H groups in total. The fourth-order valence-electron chi connectivity index (χ4n) is 3.91. The van der Waals surface area contributed by atoms with E-state index in [1.54, 1.807) is 42.5 Å². The van der Waals surface area contributed by atoms with Crippen molar-refractivity contribution in [1.82, 2.24) is 9.55 Å². The van der Waals surface area contributed by atoms with Gasteiger partial charge in [-0.1, -0.05) is 24.3 Å². The molecule has 4 aromatic rings. The molecule has 0 unspecified atom stereocenters. The number of carbonyl (C=O) groups excluding carboxylic acids is 1. The average molecular weight is 436 g/mol. The Balaban J connectivity index is 1.63. The van der Waals surface area contributed by atoms with Crippen molar-refractivity contribution in [3.63, 3.8) is 0 Å². The Labute approximate surface area is 186 Å². The third-order valence-corrected chi connectivity index (χ3v) is 6.38. The maximum atomic E-state index is 13.3. The van der Waals surface area contributed by atoms with Gasteiger partial charge in [0.05, 0.1) is 5.52 Å². The van der Waals surface area contributed by atoms with Gasteiger partial charge in [-0.05, 0) is 42.0 Å². The van der Waals surface area contributed by atoms with Gasteiger partial charge in [0.15, 0.2) is 5.78 Å². The number of aryl methyl sites for hydroxylation is 1. The summed E-state index contributed by atoms with van der Waals surface area (Å²) in [5, 5.41) is 18.9. The van der Waals surface area contributed by atoms with E-state index in [2.05, 4.69) is 4.98 Å². The van der Waals surface area contributed by atoms with Crippen LogP contribution in [0.15, 0.2) is 65.7 Å². The molecule has 2 aromatic heterocycles. The number of ketones is 1. The van der Waals surface area contributed by atoms with Crippen LogP contribution in [0, 0.1) is 28.5 Å². The minimum Gasteiger partial charge on any atom is -0.326 e. The van der Waals surface area contributed by atoms with Crippen molar-refractivity contribution < 1.29 is 9.18 Å². The van der Waals surface area contributed by atoms with Crippen molar-refractivity contribution >= 4 is 39.1 Å². The molecule has 0 radical (unpaired) electrons. The number of nitriles is 2. The molecule has 1 aliphatic rings. The highest BCUT2D eigenvalue weighted by atomic mass is 32.1. The summed E-state index contributed by atoms with van der Waals surface area (Å²) in [6, 6.07) is 18.9. The molecule has 5 nitrogen and oxygen atoms in total. The number of nitrogens with zero attached hydrogens (tertiary/aromatic N) is 4. The minimum absolute atomic E-state index is 0.0904. The van der Waals surface area contributed by atoms with Crippen LogP contribution in [-0.4, -0.2) is 15.3 Å². The van der Waals surface area contributed by atoms with Gasteiger partial charge in [-0.2, -0.15) is 10.5 Å². The third-order valence-electron chi connectivity index (χ3n) is 5.42. The molecule has 0 bridgehead atoms. The molecule has 0 atom stereocenters. The Morgan fingerprint density at radius 2 is 1.78 bits per heavy atom. The van der Waals surface area contributed by atoms with Crippen LogP contribution in [0.5, 0.6) is 0 Å². The van der Waals surface area contributed by atoms with E-state index in [0.717, 1.165) is 20.8 Å². The molecule has 1 aliphatic carbocycles. The summed E-state index contributed by atoms with van der Waals surface area (Å²) in [5.74, 6) is 0.196. The summed E-state index contributed by atoms with van der Waals surface area (Å²) in [4.78, 5) is 19.3. The standard InChI is InChI=1S/C25H13FN4OS/c1-30-21-11-17(32-25(21)29-24(30)14-6-8-16(26)9-7-14)10-20-22(15(12-27)13-28)18-4-2-3-5-19(18)23(20)31/h2-11H,1H3/b20-10-. The first-order valence-electron chi connectivity index (χ1n) is 9.64. The lowest BCUT2D eigenvalue weighted by molar-refractivity contribution is 0.104. The van der Waals surface area contributed by atoms with Gasteiger partial charge in [-0.25, -0.2) is 9.37 Å². The second-order valence-electron chi connectivity index (χ2n) is 7.25. The van der Waals surface area contributed by atoms with Crippen molar-refractivity contribution in [3.05, 3.63) is 87.6 Å². The van der Waals surface area contributed by atoms with Gasteiger partial charge in [-0.3, -0.25) is 4.79 Å². The second-order valence-corrected chi connectivity index (χ2v) is 8.31. The highest BCUT2D eigenvalue weighted by molar-refractivity contribution is 7.19. The normalized spacial score (nSPS) is 13.9. The van der Waals surface area contributed by atoms with E-state index in [1.165, 1.54) is 23.5 Å². The number of imidazole rings is 1. The fourth-order valence-corrected chi connectivity index (χ4v) is 4.92. The van der Waals surface area contributed by atoms with Crippen molar-refractivity contribution in [2.45, 2.75) is 0 Å². The predicted molar refractivity (Wildman–Crippen MR) is 121 cm³/mol. The predicted octanol–water partition coefficient (Wildman–Crippen LogP) is 5.52. The zero-order chi connectivity index (χ0) is 22.4. The highest BCUT2D eigenvalue weighted by Crippen LogP contribution is 2.41. The van der Waals surface area contributed by atoms with Crippen molar-refractivity contribution in [2.75, 3.05) is 0 Å². The zero-order valence-electron chi connectivity index (χ0n) is 16.8. The van der Waals surface area contributed by atoms with Crippen LogP contribution >= 0.6 is 11.3 Å². The largest absolute Gasteiger partial charge is 0.326 e. The summed E-state index contributed by atoms with van der Waals surface area (Å²) < 4.78 is 15.2. The molecule has 32 heavy (non-hydrogen) atoms. The number of Topliss-reactive ketones (excluding diaryl/α,β-unsaturated/α-hetero) is 1. The molecule has 2 aromatic carbocycles.